The molecule has 0 radical (unpaired) electrons. The summed E-state index contributed by atoms with van der Waals surface area (Å²) >= 11 is 0. The minimum absolute atomic E-state index is 0.0727. The van der Waals surface area contributed by atoms with E-state index in [0.717, 1.165) is 13.0 Å². The van der Waals surface area contributed by atoms with Gasteiger partial charge >= 0.3 is 6.09 Å². The number of carbonyl (C=O) groups is 1. The van der Waals surface area contributed by atoms with E-state index in [9.17, 15) is 9.90 Å². The van der Waals surface area contributed by atoms with Crippen molar-refractivity contribution in [2.75, 3.05) is 19.7 Å². The van der Waals surface area contributed by atoms with E-state index in [0.29, 0.717) is 18.4 Å². The zero-order valence-electron chi connectivity index (χ0n) is 12.3. The maximum absolute atomic E-state index is 12.2. The Kier molecular flexibility index (Phi) is 3.56. The molecule has 3 rings (SSSR count). The van der Waals surface area contributed by atoms with Gasteiger partial charge in [-0.2, -0.15) is 0 Å². The van der Waals surface area contributed by atoms with E-state index < -0.39 is 5.60 Å². The van der Waals surface area contributed by atoms with E-state index in [1.54, 1.807) is 0 Å². The quantitative estimate of drug-likeness (QED) is 0.808. The van der Waals surface area contributed by atoms with Crippen LogP contribution in [0.15, 0.2) is 0 Å². The predicted octanol–water partition coefficient (Wildman–Crippen LogP) is 1.20. The first-order valence-corrected chi connectivity index (χ1v) is 7.02. The molecule has 3 fully saturated rings. The molecule has 1 amide bonds. The third kappa shape index (κ3) is 2.46. The summed E-state index contributed by atoms with van der Waals surface area (Å²) in [6.45, 7) is 8.89. The summed E-state index contributed by atoms with van der Waals surface area (Å²) in [5.41, 5.74) is 5.06. The monoisotopic (exact) mass is 270 g/mol. The smallest absolute Gasteiger partial charge is 0.410 e. The zero-order chi connectivity index (χ0) is 14.4. The Morgan fingerprint density at radius 3 is 2.53 bits per heavy atom. The van der Waals surface area contributed by atoms with E-state index in [-0.39, 0.29) is 24.2 Å². The normalized spacial score (nSPS) is 32.7. The average molecular weight is 270 g/mol. The first kappa shape index (κ1) is 14.6. The van der Waals surface area contributed by atoms with Crippen molar-refractivity contribution in [3.05, 3.63) is 0 Å². The summed E-state index contributed by atoms with van der Waals surface area (Å²) in [5, 5.41) is 9.58. The molecule has 0 aromatic heterocycles. The molecule has 2 unspecified atom stereocenters. The van der Waals surface area contributed by atoms with Crippen molar-refractivity contribution in [1.29, 1.82) is 0 Å². The zero-order valence-corrected chi connectivity index (χ0v) is 12.3. The molecule has 2 aliphatic heterocycles. The van der Waals surface area contributed by atoms with E-state index >= 15 is 0 Å². The number of aliphatic hydroxyl groups is 1. The molecule has 2 saturated heterocycles. The van der Waals surface area contributed by atoms with Crippen LogP contribution in [-0.4, -0.2) is 47.4 Å². The molecule has 3 aliphatic rings. The second-order valence-corrected chi connectivity index (χ2v) is 7.24. The minimum Gasteiger partial charge on any atom is -0.444 e. The number of ether oxygens (including phenoxy) is 1. The standard InChI is InChI=1S/C14H26N2O3/c1-13(2,3)19-12(18)16-6-9-5-10(16)11(9)14(4,7-15)8-17/h9-11,17H,5-8,15H2,1-4H3/t9-,10-,11?,14?/m0/s1. The summed E-state index contributed by atoms with van der Waals surface area (Å²) in [6.07, 6.45) is 0.777. The van der Waals surface area contributed by atoms with Crippen LogP contribution in [0, 0.1) is 17.3 Å². The van der Waals surface area contributed by atoms with Crippen molar-refractivity contribution >= 4 is 6.09 Å². The average Bonchev–Trinajstić information content (AvgIpc) is 2.85. The second kappa shape index (κ2) is 4.63. The maximum atomic E-state index is 12.2. The molecule has 0 spiro atoms. The van der Waals surface area contributed by atoms with Crippen molar-refractivity contribution in [3.8, 4) is 0 Å². The Balaban J connectivity index is 2.05. The molecule has 3 N–H and O–H groups in total. The number of amides is 1. The molecule has 19 heavy (non-hydrogen) atoms. The number of aliphatic hydroxyl groups excluding tert-OH is 1. The summed E-state index contributed by atoms with van der Waals surface area (Å²) in [7, 11) is 0. The van der Waals surface area contributed by atoms with Crippen LogP contribution in [0.4, 0.5) is 4.79 Å². The molecule has 1 aliphatic carbocycles. The lowest BCUT2D eigenvalue weighted by atomic mass is 9.60. The second-order valence-electron chi connectivity index (χ2n) is 7.24. The molecule has 4 atom stereocenters. The highest BCUT2D eigenvalue weighted by molar-refractivity contribution is 5.69. The number of hydrogen-bond donors (Lipinski definition) is 2. The molecule has 110 valence electrons. The van der Waals surface area contributed by atoms with Gasteiger partial charge in [0.2, 0.25) is 0 Å². The Labute approximate surface area is 115 Å². The highest BCUT2D eigenvalue weighted by Crippen LogP contribution is 2.54. The van der Waals surface area contributed by atoms with Crippen LogP contribution >= 0.6 is 0 Å². The Morgan fingerprint density at radius 1 is 1.42 bits per heavy atom. The molecule has 0 aromatic rings. The van der Waals surface area contributed by atoms with E-state index in [2.05, 4.69) is 0 Å². The fraction of sp³-hybridized carbons (Fsp3) is 0.929. The van der Waals surface area contributed by atoms with Gasteiger partial charge in [-0.15, -0.1) is 0 Å². The lowest BCUT2D eigenvalue weighted by Crippen LogP contribution is -2.53. The van der Waals surface area contributed by atoms with Crippen molar-refractivity contribution in [3.63, 3.8) is 0 Å². The van der Waals surface area contributed by atoms with Gasteiger partial charge in [0.1, 0.15) is 5.60 Å². The highest BCUT2D eigenvalue weighted by Gasteiger charge is 2.60. The van der Waals surface area contributed by atoms with Gasteiger partial charge in [-0.1, -0.05) is 6.92 Å². The SMILES string of the molecule is CC(C)(C)OC(=O)N1C[C@@H]2C[C@H]1C2C(C)(CN)CO. The van der Waals surface area contributed by atoms with Crippen LogP contribution in [0.25, 0.3) is 0 Å². The number of nitrogens with two attached hydrogens (primary N) is 1. The first-order valence-electron chi connectivity index (χ1n) is 7.02. The van der Waals surface area contributed by atoms with Gasteiger partial charge in [0.05, 0.1) is 0 Å². The van der Waals surface area contributed by atoms with Gasteiger partial charge in [-0.3, -0.25) is 0 Å². The Hall–Kier alpha value is -0.810. The summed E-state index contributed by atoms with van der Waals surface area (Å²) < 4.78 is 5.44. The first-order chi connectivity index (χ1) is 8.72. The third-order valence-electron chi connectivity index (χ3n) is 4.56. The number of fused-ring (bicyclic) bond motifs is 1. The van der Waals surface area contributed by atoms with Crippen LogP contribution < -0.4 is 5.73 Å². The van der Waals surface area contributed by atoms with Gasteiger partial charge in [0, 0.05) is 31.2 Å². The van der Waals surface area contributed by atoms with Crippen molar-refractivity contribution < 1.29 is 14.6 Å². The minimum atomic E-state index is -0.465. The number of carbonyl (C=O) groups excluding carboxylic acids is 1. The number of hydrogen-bond acceptors (Lipinski definition) is 4. The molecule has 0 aromatic carbocycles. The summed E-state index contributed by atoms with van der Waals surface area (Å²) in [4.78, 5) is 14.0. The van der Waals surface area contributed by atoms with Gasteiger partial charge < -0.3 is 20.5 Å². The van der Waals surface area contributed by atoms with E-state index in [4.69, 9.17) is 10.5 Å². The fourth-order valence-corrected chi connectivity index (χ4v) is 3.49. The van der Waals surface area contributed by atoms with Crippen LogP contribution in [-0.2, 0) is 4.74 Å². The topological polar surface area (TPSA) is 75.8 Å². The van der Waals surface area contributed by atoms with E-state index in [1.165, 1.54) is 0 Å². The molecule has 2 bridgehead atoms. The van der Waals surface area contributed by atoms with Gasteiger partial charge in [0.25, 0.3) is 0 Å². The van der Waals surface area contributed by atoms with Gasteiger partial charge in [0.15, 0.2) is 0 Å². The molecule has 1 saturated carbocycles. The van der Waals surface area contributed by atoms with E-state index in [1.807, 2.05) is 32.6 Å². The maximum Gasteiger partial charge on any atom is 0.410 e. The molecule has 5 nitrogen and oxygen atoms in total. The lowest BCUT2D eigenvalue weighted by molar-refractivity contribution is -0.0178. The van der Waals surface area contributed by atoms with Crippen molar-refractivity contribution in [1.82, 2.24) is 4.90 Å². The lowest BCUT2D eigenvalue weighted by Gasteiger charge is -2.47. The number of rotatable bonds is 3. The van der Waals surface area contributed by atoms with Crippen molar-refractivity contribution in [2.45, 2.75) is 45.8 Å². The molecule has 5 heteroatoms. The molecular formula is C14H26N2O3. The largest absolute Gasteiger partial charge is 0.444 e. The Morgan fingerprint density at radius 2 is 2.05 bits per heavy atom. The van der Waals surface area contributed by atoms with Crippen molar-refractivity contribution in [2.24, 2.45) is 23.0 Å². The highest BCUT2D eigenvalue weighted by atomic mass is 16.6. The van der Waals surface area contributed by atoms with Gasteiger partial charge in [-0.25, -0.2) is 4.79 Å². The van der Waals surface area contributed by atoms with Crippen LogP contribution in [0.2, 0.25) is 0 Å². The van der Waals surface area contributed by atoms with Gasteiger partial charge in [-0.05, 0) is 39.0 Å². The predicted molar refractivity (Wildman–Crippen MR) is 72.6 cm³/mol. The van der Waals surface area contributed by atoms with Crippen LogP contribution in [0.3, 0.4) is 0 Å². The van der Waals surface area contributed by atoms with Crippen LogP contribution in [0.5, 0.6) is 0 Å². The summed E-state index contributed by atoms with van der Waals surface area (Å²) in [5.74, 6) is 0.758. The Bertz CT molecular complexity index is 360. The third-order valence-corrected chi connectivity index (χ3v) is 4.56. The number of nitrogens with zero attached hydrogens (tertiary/aromatic N) is 1. The van der Waals surface area contributed by atoms with Crippen LogP contribution in [0.1, 0.15) is 34.1 Å². The summed E-state index contributed by atoms with van der Waals surface area (Å²) in [6, 6.07) is 0.181. The fourth-order valence-electron chi connectivity index (χ4n) is 3.49. The molecule has 2 heterocycles. The molecular weight excluding hydrogens is 244 g/mol.